The predicted octanol–water partition coefficient (Wildman–Crippen LogP) is 6.10. The van der Waals surface area contributed by atoms with Crippen LogP contribution >= 0.6 is 11.8 Å². The number of rotatable bonds is 11. The van der Waals surface area contributed by atoms with E-state index in [0.717, 1.165) is 33.4 Å². The molecule has 0 bridgehead atoms. The number of carboxylic acids is 1. The Morgan fingerprint density at radius 3 is 2.43 bits per heavy atom. The Morgan fingerprint density at radius 1 is 0.909 bits per heavy atom. The van der Waals surface area contributed by atoms with Crippen molar-refractivity contribution in [2.75, 3.05) is 12.3 Å². The summed E-state index contributed by atoms with van der Waals surface area (Å²) in [5, 5.41) is 25.1. The molecule has 1 saturated heterocycles. The SMILES string of the molecule is CCNC(=O)NCc1cccc(-c2cccc([C@@H]3O[C@H](CSc4ncccc4C(=O)O)C[C@H](c4ccc(CO)cc4)O3)c2)c1. The summed E-state index contributed by atoms with van der Waals surface area (Å²) in [7, 11) is 0. The standard InChI is InChI=1S/C34H35N3O6S/c1-2-35-34(41)37-19-23-6-3-7-25(16-23)26-8-4-9-27(17-26)33-42-28(21-44-31-29(32(39)40)10-5-15-36-31)18-30(43-33)24-13-11-22(20-38)12-14-24/h3-17,28,30,33,38H,2,18-21H2,1H3,(H,39,40)(H2,35,37,41)/t28-,30+,33+/m0/s1. The highest BCUT2D eigenvalue weighted by molar-refractivity contribution is 7.99. The third-order valence-corrected chi connectivity index (χ3v) is 8.37. The van der Waals surface area contributed by atoms with Crippen molar-refractivity contribution in [1.82, 2.24) is 15.6 Å². The molecule has 2 amide bonds. The van der Waals surface area contributed by atoms with Gasteiger partial charge in [-0.15, -0.1) is 11.8 Å². The first-order chi connectivity index (χ1) is 21.4. The topological polar surface area (TPSA) is 130 Å². The number of ether oxygens (including phenoxy) is 2. The predicted molar refractivity (Wildman–Crippen MR) is 168 cm³/mol. The third-order valence-electron chi connectivity index (χ3n) is 7.23. The first-order valence-corrected chi connectivity index (χ1v) is 15.4. The molecule has 0 radical (unpaired) electrons. The van der Waals surface area contributed by atoms with Crippen molar-refractivity contribution in [2.45, 2.75) is 50.0 Å². The molecule has 0 unspecified atom stereocenters. The van der Waals surface area contributed by atoms with Gasteiger partial charge in [-0.25, -0.2) is 14.6 Å². The summed E-state index contributed by atoms with van der Waals surface area (Å²) in [6, 6.07) is 26.7. The van der Waals surface area contributed by atoms with Gasteiger partial charge in [-0.05, 0) is 59.0 Å². The Balaban J connectivity index is 1.37. The molecule has 3 atom stereocenters. The van der Waals surface area contributed by atoms with E-state index in [0.29, 0.717) is 30.3 Å². The lowest BCUT2D eigenvalue weighted by molar-refractivity contribution is -0.245. The summed E-state index contributed by atoms with van der Waals surface area (Å²) in [6.45, 7) is 2.80. The largest absolute Gasteiger partial charge is 0.478 e. The van der Waals surface area contributed by atoms with Crippen molar-refractivity contribution < 1.29 is 29.3 Å². The van der Waals surface area contributed by atoms with E-state index in [9.17, 15) is 19.8 Å². The van der Waals surface area contributed by atoms with Crippen LogP contribution in [0.15, 0.2) is 96.2 Å². The number of aliphatic hydroxyl groups is 1. The van der Waals surface area contributed by atoms with E-state index in [4.69, 9.17) is 9.47 Å². The number of nitrogens with one attached hydrogen (secondary N) is 2. The number of thioether (sulfide) groups is 1. The summed E-state index contributed by atoms with van der Waals surface area (Å²) < 4.78 is 13.0. The maximum atomic E-state index is 11.9. The van der Waals surface area contributed by atoms with Crippen LogP contribution < -0.4 is 10.6 Å². The number of aromatic nitrogens is 1. The Bertz CT molecular complexity index is 1580. The summed E-state index contributed by atoms with van der Waals surface area (Å²) >= 11 is 1.35. The number of aromatic carboxylic acids is 1. The molecule has 4 N–H and O–H groups in total. The molecule has 1 aliphatic heterocycles. The molecule has 44 heavy (non-hydrogen) atoms. The van der Waals surface area contributed by atoms with Gasteiger partial charge >= 0.3 is 12.0 Å². The van der Waals surface area contributed by atoms with E-state index in [1.54, 1.807) is 18.3 Å². The summed E-state index contributed by atoms with van der Waals surface area (Å²) in [5.41, 5.74) is 5.75. The lowest BCUT2D eigenvalue weighted by Gasteiger charge is -2.36. The van der Waals surface area contributed by atoms with Crippen molar-refractivity contribution in [3.63, 3.8) is 0 Å². The van der Waals surface area contributed by atoms with E-state index in [1.807, 2.05) is 79.7 Å². The fraction of sp³-hybridized carbons (Fsp3) is 0.265. The van der Waals surface area contributed by atoms with Gasteiger partial charge in [0, 0.05) is 37.0 Å². The molecular formula is C34H35N3O6S. The van der Waals surface area contributed by atoms with Crippen LogP contribution in [0.25, 0.3) is 11.1 Å². The van der Waals surface area contributed by atoms with Crippen LogP contribution in [0.1, 0.15) is 58.4 Å². The number of carbonyl (C=O) groups is 2. The zero-order valence-corrected chi connectivity index (χ0v) is 25.1. The number of aliphatic hydroxyl groups excluding tert-OH is 1. The van der Waals surface area contributed by atoms with Gasteiger partial charge in [0.1, 0.15) is 5.03 Å². The van der Waals surface area contributed by atoms with Gasteiger partial charge in [-0.3, -0.25) is 0 Å². The van der Waals surface area contributed by atoms with Crippen LogP contribution in [0.4, 0.5) is 4.79 Å². The Morgan fingerprint density at radius 2 is 1.68 bits per heavy atom. The molecule has 1 aromatic heterocycles. The van der Waals surface area contributed by atoms with Gasteiger partial charge in [0.15, 0.2) is 6.29 Å². The number of carboxylic acid groups (broad SMARTS) is 1. The van der Waals surface area contributed by atoms with Crippen LogP contribution in [0.3, 0.4) is 0 Å². The van der Waals surface area contributed by atoms with Crippen LogP contribution in [-0.4, -0.2) is 45.6 Å². The average Bonchev–Trinajstić information content (AvgIpc) is 3.06. The molecule has 0 aliphatic carbocycles. The van der Waals surface area contributed by atoms with Crippen molar-refractivity contribution in [1.29, 1.82) is 0 Å². The maximum Gasteiger partial charge on any atom is 0.338 e. The van der Waals surface area contributed by atoms with E-state index in [1.165, 1.54) is 11.8 Å². The molecule has 10 heteroatoms. The van der Waals surface area contributed by atoms with Crippen molar-refractivity contribution in [3.05, 3.63) is 119 Å². The van der Waals surface area contributed by atoms with Crippen LogP contribution in [0, 0.1) is 0 Å². The molecule has 1 aliphatic rings. The van der Waals surface area contributed by atoms with E-state index >= 15 is 0 Å². The number of hydrogen-bond acceptors (Lipinski definition) is 7. The number of nitrogens with zero attached hydrogens (tertiary/aromatic N) is 1. The normalized spacial score (nSPS) is 18.0. The number of benzene rings is 3. The van der Waals surface area contributed by atoms with E-state index in [2.05, 4.69) is 15.6 Å². The van der Waals surface area contributed by atoms with Gasteiger partial charge in [-0.2, -0.15) is 0 Å². The highest BCUT2D eigenvalue weighted by atomic mass is 32.2. The second-order valence-electron chi connectivity index (χ2n) is 10.4. The van der Waals surface area contributed by atoms with Crippen LogP contribution in [0.5, 0.6) is 0 Å². The zero-order chi connectivity index (χ0) is 30.9. The minimum absolute atomic E-state index is 0.0389. The first-order valence-electron chi connectivity index (χ1n) is 14.5. The van der Waals surface area contributed by atoms with Crippen LogP contribution in [-0.2, 0) is 22.6 Å². The lowest BCUT2D eigenvalue weighted by Crippen LogP contribution is -2.34. The minimum atomic E-state index is -1.02. The lowest BCUT2D eigenvalue weighted by atomic mass is 9.99. The zero-order valence-electron chi connectivity index (χ0n) is 24.3. The number of hydrogen-bond donors (Lipinski definition) is 4. The summed E-state index contributed by atoms with van der Waals surface area (Å²) in [5.74, 6) is -0.531. The van der Waals surface area contributed by atoms with Gasteiger partial charge in [0.25, 0.3) is 0 Å². The average molecular weight is 614 g/mol. The smallest absolute Gasteiger partial charge is 0.338 e. The van der Waals surface area contributed by atoms with E-state index < -0.39 is 12.3 Å². The molecule has 9 nitrogen and oxygen atoms in total. The van der Waals surface area contributed by atoms with Gasteiger partial charge in [0.05, 0.1) is 24.4 Å². The fourth-order valence-electron chi connectivity index (χ4n) is 4.99. The molecule has 0 spiro atoms. The number of urea groups is 1. The van der Waals surface area contributed by atoms with Gasteiger partial charge in [-0.1, -0.05) is 60.7 Å². The maximum absolute atomic E-state index is 11.9. The summed E-state index contributed by atoms with van der Waals surface area (Å²) in [6.07, 6.45) is 0.962. The van der Waals surface area contributed by atoms with Gasteiger partial charge in [0.2, 0.25) is 0 Å². The number of carbonyl (C=O) groups excluding carboxylic acids is 1. The molecule has 5 rings (SSSR count). The Labute approximate surface area is 260 Å². The third kappa shape index (κ3) is 8.03. The summed E-state index contributed by atoms with van der Waals surface area (Å²) in [4.78, 5) is 27.9. The van der Waals surface area contributed by atoms with Crippen molar-refractivity contribution in [3.8, 4) is 11.1 Å². The van der Waals surface area contributed by atoms with E-state index in [-0.39, 0.29) is 30.4 Å². The van der Waals surface area contributed by atoms with Crippen molar-refractivity contribution in [2.24, 2.45) is 0 Å². The minimum Gasteiger partial charge on any atom is -0.478 e. The molecule has 1 fully saturated rings. The molecule has 3 aromatic carbocycles. The molecule has 228 valence electrons. The number of amides is 2. The monoisotopic (exact) mass is 613 g/mol. The molecule has 0 saturated carbocycles. The number of pyridine rings is 1. The molecule has 4 aromatic rings. The Hall–Kier alpha value is -4.22. The van der Waals surface area contributed by atoms with Crippen LogP contribution in [0.2, 0.25) is 0 Å². The Kier molecular flexibility index (Phi) is 10.6. The second kappa shape index (κ2) is 15.0. The molecule has 2 heterocycles. The highest BCUT2D eigenvalue weighted by Gasteiger charge is 2.32. The van der Waals surface area contributed by atoms with Gasteiger partial charge < -0.3 is 30.3 Å². The quantitative estimate of drug-likeness (QED) is 0.150. The first kappa shape index (κ1) is 31.2. The highest BCUT2D eigenvalue weighted by Crippen LogP contribution is 2.40. The van der Waals surface area contributed by atoms with Crippen molar-refractivity contribution >= 4 is 23.8 Å². The molecular weight excluding hydrogens is 578 g/mol. The second-order valence-corrected chi connectivity index (χ2v) is 11.4. The fourth-order valence-corrected chi connectivity index (χ4v) is 6.00.